The van der Waals surface area contributed by atoms with Gasteiger partial charge in [0.15, 0.2) is 0 Å². The third kappa shape index (κ3) is 3.74. The Hall–Kier alpha value is -0.0900. The van der Waals surface area contributed by atoms with Gasteiger partial charge in [0, 0.05) is 11.8 Å². The average Bonchev–Trinajstić information content (AvgIpc) is 3.04. The first-order chi connectivity index (χ1) is 7.46. The zero-order chi connectivity index (χ0) is 12.2. The lowest BCUT2D eigenvalue weighted by atomic mass is 9.95. The van der Waals surface area contributed by atoms with E-state index in [1.807, 2.05) is 0 Å². The molecule has 4 heteroatoms. The van der Waals surface area contributed by atoms with Crippen LogP contribution in [0.4, 0.5) is 0 Å². The highest BCUT2D eigenvalue weighted by Gasteiger charge is 2.47. The fourth-order valence-corrected chi connectivity index (χ4v) is 3.15. The number of hydrogen-bond donors (Lipinski definition) is 1. The van der Waals surface area contributed by atoms with Crippen LogP contribution in [-0.4, -0.2) is 32.5 Å². The van der Waals surface area contributed by atoms with Crippen molar-refractivity contribution in [3.8, 4) is 0 Å². The maximum Gasteiger partial charge on any atom is 0.150 e. The summed E-state index contributed by atoms with van der Waals surface area (Å²) in [5, 5.41) is 3.49. The van der Waals surface area contributed by atoms with Gasteiger partial charge in [-0.1, -0.05) is 13.8 Å². The van der Waals surface area contributed by atoms with Crippen LogP contribution >= 0.6 is 0 Å². The number of nitrogens with one attached hydrogen (secondary N) is 1. The lowest BCUT2D eigenvalue weighted by Gasteiger charge is -2.24. The van der Waals surface area contributed by atoms with Crippen LogP contribution in [0.2, 0.25) is 0 Å². The summed E-state index contributed by atoms with van der Waals surface area (Å²) in [4.78, 5) is 0. The Kier molecular flexibility index (Phi) is 4.80. The molecule has 0 radical (unpaired) electrons. The van der Waals surface area contributed by atoms with Crippen molar-refractivity contribution in [1.29, 1.82) is 0 Å². The van der Waals surface area contributed by atoms with E-state index in [2.05, 4.69) is 19.2 Å². The van der Waals surface area contributed by atoms with Crippen molar-refractivity contribution in [3.05, 3.63) is 0 Å². The zero-order valence-corrected chi connectivity index (χ0v) is 11.6. The van der Waals surface area contributed by atoms with Crippen molar-refractivity contribution in [1.82, 2.24) is 5.32 Å². The molecule has 0 aromatic heterocycles. The summed E-state index contributed by atoms with van der Waals surface area (Å²) >= 11 is 0. The molecular weight excluding hydrogens is 222 g/mol. The monoisotopic (exact) mass is 247 g/mol. The van der Waals surface area contributed by atoms with Gasteiger partial charge in [-0.05, 0) is 44.6 Å². The second-order valence-corrected chi connectivity index (χ2v) is 7.50. The van der Waals surface area contributed by atoms with Crippen LogP contribution in [0.15, 0.2) is 0 Å². The number of hydrogen-bond acceptors (Lipinski definition) is 3. The molecule has 0 heterocycles. The second kappa shape index (κ2) is 5.50. The fourth-order valence-electron chi connectivity index (χ4n) is 2.14. The van der Waals surface area contributed by atoms with E-state index >= 15 is 0 Å². The number of rotatable bonds is 8. The van der Waals surface area contributed by atoms with Crippen molar-refractivity contribution in [2.75, 3.05) is 18.1 Å². The van der Waals surface area contributed by atoms with E-state index in [4.69, 9.17) is 0 Å². The van der Waals surface area contributed by atoms with E-state index in [1.54, 1.807) is 6.92 Å². The summed E-state index contributed by atoms with van der Waals surface area (Å²) in [5.41, 5.74) is 0.275. The first-order valence-corrected chi connectivity index (χ1v) is 8.22. The van der Waals surface area contributed by atoms with E-state index in [-0.39, 0.29) is 11.2 Å². The van der Waals surface area contributed by atoms with Gasteiger partial charge in [-0.25, -0.2) is 8.42 Å². The molecule has 1 atom stereocenters. The van der Waals surface area contributed by atoms with Crippen LogP contribution in [0.3, 0.4) is 0 Å². The minimum absolute atomic E-state index is 0.275. The Morgan fingerprint density at radius 3 is 2.38 bits per heavy atom. The third-order valence-corrected chi connectivity index (χ3v) is 5.57. The Balaban J connectivity index is 2.41. The van der Waals surface area contributed by atoms with E-state index in [9.17, 15) is 8.42 Å². The first-order valence-electron chi connectivity index (χ1n) is 6.39. The van der Waals surface area contributed by atoms with Gasteiger partial charge in [-0.3, -0.25) is 0 Å². The largest absolute Gasteiger partial charge is 0.314 e. The van der Waals surface area contributed by atoms with Crippen molar-refractivity contribution >= 4 is 9.84 Å². The molecule has 0 amide bonds. The highest BCUT2D eigenvalue weighted by atomic mass is 32.2. The highest BCUT2D eigenvalue weighted by Crippen LogP contribution is 2.51. The molecule has 0 aromatic rings. The van der Waals surface area contributed by atoms with Gasteiger partial charge in [0.1, 0.15) is 9.84 Å². The summed E-state index contributed by atoms with van der Waals surface area (Å²) in [7, 11) is -2.79. The standard InChI is InChI=1S/C12H25NO2S/c1-4-9-13-11(3)12(6-7-12)8-10-16(14,15)5-2/h11,13H,4-10H2,1-3H3. The minimum Gasteiger partial charge on any atom is -0.314 e. The molecule has 1 aliphatic carbocycles. The lowest BCUT2D eigenvalue weighted by Crippen LogP contribution is -2.36. The zero-order valence-electron chi connectivity index (χ0n) is 10.8. The molecule has 1 N–H and O–H groups in total. The predicted octanol–water partition coefficient (Wildman–Crippen LogP) is 1.98. The van der Waals surface area contributed by atoms with Gasteiger partial charge in [-0.15, -0.1) is 0 Å². The molecule has 1 fully saturated rings. The van der Waals surface area contributed by atoms with Gasteiger partial charge >= 0.3 is 0 Å². The topological polar surface area (TPSA) is 46.2 Å². The van der Waals surface area contributed by atoms with E-state index < -0.39 is 9.84 Å². The Morgan fingerprint density at radius 1 is 1.31 bits per heavy atom. The molecule has 1 rings (SSSR count). The van der Waals surface area contributed by atoms with E-state index in [0.717, 1.165) is 19.4 Å². The summed E-state index contributed by atoms with van der Waals surface area (Å²) in [5.74, 6) is 0.640. The first kappa shape index (κ1) is 14.0. The Labute approximate surface area is 99.9 Å². The maximum absolute atomic E-state index is 11.5. The van der Waals surface area contributed by atoms with Crippen molar-refractivity contribution < 1.29 is 8.42 Å². The number of sulfone groups is 1. The normalized spacial score (nSPS) is 20.7. The SMILES string of the molecule is CCCNC(C)C1(CCS(=O)(=O)CC)CC1. The smallest absolute Gasteiger partial charge is 0.150 e. The van der Waals surface area contributed by atoms with Crippen LogP contribution in [0.1, 0.15) is 46.5 Å². The highest BCUT2D eigenvalue weighted by molar-refractivity contribution is 7.91. The summed E-state index contributed by atoms with van der Waals surface area (Å²) < 4.78 is 23.0. The summed E-state index contributed by atoms with van der Waals surface area (Å²) in [6.07, 6.45) is 4.34. The molecule has 0 aromatic carbocycles. The van der Waals surface area contributed by atoms with E-state index in [1.165, 1.54) is 12.8 Å². The predicted molar refractivity (Wildman–Crippen MR) is 68.4 cm³/mol. The maximum atomic E-state index is 11.5. The van der Waals surface area contributed by atoms with Crippen molar-refractivity contribution in [3.63, 3.8) is 0 Å². The van der Waals surface area contributed by atoms with Crippen LogP contribution < -0.4 is 5.32 Å². The van der Waals surface area contributed by atoms with Gasteiger partial charge in [0.2, 0.25) is 0 Å². The Morgan fingerprint density at radius 2 is 1.94 bits per heavy atom. The van der Waals surface area contributed by atoms with Crippen LogP contribution in [0.5, 0.6) is 0 Å². The fraction of sp³-hybridized carbons (Fsp3) is 1.00. The summed E-state index contributed by atoms with van der Waals surface area (Å²) in [6, 6.07) is 0.458. The van der Waals surface area contributed by atoms with Gasteiger partial charge in [0.25, 0.3) is 0 Å². The molecule has 3 nitrogen and oxygen atoms in total. The molecule has 0 saturated heterocycles. The molecule has 0 spiro atoms. The van der Waals surface area contributed by atoms with Gasteiger partial charge in [0.05, 0.1) is 5.75 Å². The van der Waals surface area contributed by atoms with Crippen LogP contribution in [0, 0.1) is 5.41 Å². The van der Waals surface area contributed by atoms with Crippen LogP contribution in [-0.2, 0) is 9.84 Å². The third-order valence-electron chi connectivity index (χ3n) is 3.86. The van der Waals surface area contributed by atoms with Crippen LogP contribution in [0.25, 0.3) is 0 Å². The molecular formula is C12H25NO2S. The molecule has 1 unspecified atom stereocenters. The molecule has 96 valence electrons. The average molecular weight is 247 g/mol. The molecule has 1 aliphatic rings. The quantitative estimate of drug-likeness (QED) is 0.713. The molecule has 0 aliphatic heterocycles. The molecule has 16 heavy (non-hydrogen) atoms. The lowest BCUT2D eigenvalue weighted by molar-refractivity contribution is 0.343. The van der Waals surface area contributed by atoms with Crippen molar-refractivity contribution in [2.24, 2.45) is 5.41 Å². The second-order valence-electron chi connectivity index (χ2n) is 5.02. The Bertz CT molecular complexity index is 307. The minimum atomic E-state index is -2.79. The van der Waals surface area contributed by atoms with Gasteiger partial charge < -0.3 is 5.32 Å². The van der Waals surface area contributed by atoms with E-state index in [0.29, 0.717) is 11.8 Å². The van der Waals surface area contributed by atoms with Crippen molar-refractivity contribution in [2.45, 2.75) is 52.5 Å². The summed E-state index contributed by atoms with van der Waals surface area (Å²) in [6.45, 7) is 7.11. The van der Waals surface area contributed by atoms with Gasteiger partial charge in [-0.2, -0.15) is 0 Å². The molecule has 0 bridgehead atoms. The molecule has 1 saturated carbocycles.